The fourth-order valence-corrected chi connectivity index (χ4v) is 2.46. The van der Waals surface area contributed by atoms with Gasteiger partial charge in [0, 0.05) is 23.1 Å². The maximum Gasteiger partial charge on any atom is 0.161 e. The summed E-state index contributed by atoms with van der Waals surface area (Å²) >= 11 is 0. The Hall–Kier alpha value is -1.54. The lowest BCUT2D eigenvalue weighted by molar-refractivity contribution is 0.354. The number of unbranched alkanes of at least 4 members (excludes halogenated alkanes) is 1. The quantitative estimate of drug-likeness (QED) is 0.729. The standard InChI is InChI=1S/C12H15NO3S/c1-15-11-6-5-10(9-12(11)16-2)17(14)8-4-3-7-13/h5-6,9H,3-4,8H2,1-2H3. The zero-order valence-electron chi connectivity index (χ0n) is 9.93. The molecule has 0 aliphatic carbocycles. The first-order valence-corrected chi connectivity index (χ1v) is 6.52. The first-order chi connectivity index (χ1) is 8.22. The first kappa shape index (κ1) is 13.5. The molecule has 1 atom stereocenters. The molecular weight excluding hydrogens is 238 g/mol. The number of rotatable bonds is 6. The summed E-state index contributed by atoms with van der Waals surface area (Å²) in [6.07, 6.45) is 1.07. The molecule has 0 N–H and O–H groups in total. The van der Waals surface area contributed by atoms with Crippen molar-refractivity contribution < 1.29 is 13.7 Å². The highest BCUT2D eigenvalue weighted by Gasteiger charge is 2.09. The van der Waals surface area contributed by atoms with Gasteiger partial charge in [0.2, 0.25) is 0 Å². The minimum atomic E-state index is -1.09. The molecule has 0 spiro atoms. The molecule has 0 aliphatic heterocycles. The van der Waals surface area contributed by atoms with Crippen LogP contribution < -0.4 is 9.47 Å². The van der Waals surface area contributed by atoms with Gasteiger partial charge in [-0.05, 0) is 18.6 Å². The SMILES string of the molecule is COc1ccc(S(=O)CCCC#N)cc1OC. The van der Waals surface area contributed by atoms with Crippen molar-refractivity contribution in [1.82, 2.24) is 0 Å². The topological polar surface area (TPSA) is 59.3 Å². The number of benzene rings is 1. The van der Waals surface area contributed by atoms with Crippen molar-refractivity contribution in [1.29, 1.82) is 5.26 Å². The van der Waals surface area contributed by atoms with Crippen LogP contribution >= 0.6 is 0 Å². The summed E-state index contributed by atoms with van der Waals surface area (Å²) in [6.45, 7) is 0. The molecule has 1 aromatic rings. The van der Waals surface area contributed by atoms with Gasteiger partial charge in [-0.2, -0.15) is 5.26 Å². The van der Waals surface area contributed by atoms with Crippen molar-refractivity contribution in [3.63, 3.8) is 0 Å². The third kappa shape index (κ3) is 3.75. The minimum absolute atomic E-state index is 0.430. The van der Waals surface area contributed by atoms with Crippen molar-refractivity contribution in [2.45, 2.75) is 17.7 Å². The summed E-state index contributed by atoms with van der Waals surface area (Å²) in [6, 6.07) is 7.23. The number of nitrogens with zero attached hydrogens (tertiary/aromatic N) is 1. The Bertz CT molecular complexity index is 440. The van der Waals surface area contributed by atoms with E-state index in [4.69, 9.17) is 14.7 Å². The highest BCUT2D eigenvalue weighted by atomic mass is 32.2. The maximum absolute atomic E-state index is 11.9. The number of hydrogen-bond donors (Lipinski definition) is 0. The molecule has 0 aliphatic rings. The van der Waals surface area contributed by atoms with Crippen LogP contribution in [0.4, 0.5) is 0 Å². The van der Waals surface area contributed by atoms with Gasteiger partial charge >= 0.3 is 0 Å². The average Bonchev–Trinajstić information content (AvgIpc) is 2.38. The highest BCUT2D eigenvalue weighted by molar-refractivity contribution is 7.85. The Morgan fingerprint density at radius 1 is 1.29 bits per heavy atom. The van der Waals surface area contributed by atoms with Crippen LogP contribution in [0.25, 0.3) is 0 Å². The lowest BCUT2D eigenvalue weighted by atomic mass is 10.3. The summed E-state index contributed by atoms with van der Waals surface area (Å²) in [5.74, 6) is 1.67. The van der Waals surface area contributed by atoms with Crippen molar-refractivity contribution >= 4 is 10.8 Å². The Morgan fingerprint density at radius 3 is 2.59 bits per heavy atom. The zero-order valence-corrected chi connectivity index (χ0v) is 10.8. The molecule has 1 aromatic carbocycles. The molecule has 4 nitrogen and oxygen atoms in total. The maximum atomic E-state index is 11.9. The lowest BCUT2D eigenvalue weighted by Gasteiger charge is -2.09. The Balaban J connectivity index is 2.78. The predicted molar refractivity (Wildman–Crippen MR) is 65.7 cm³/mol. The molecule has 17 heavy (non-hydrogen) atoms. The number of methoxy groups -OCH3 is 2. The van der Waals surface area contributed by atoms with Gasteiger partial charge in [-0.1, -0.05) is 0 Å². The van der Waals surface area contributed by atoms with E-state index < -0.39 is 10.8 Å². The van der Waals surface area contributed by atoms with Gasteiger partial charge in [-0.25, -0.2) is 0 Å². The fourth-order valence-electron chi connectivity index (χ4n) is 1.36. The monoisotopic (exact) mass is 253 g/mol. The second-order valence-corrected chi connectivity index (χ2v) is 4.90. The fraction of sp³-hybridized carbons (Fsp3) is 0.417. The van der Waals surface area contributed by atoms with Crippen molar-refractivity contribution in [3.05, 3.63) is 18.2 Å². The van der Waals surface area contributed by atoms with E-state index in [1.165, 1.54) is 0 Å². The molecule has 0 saturated carbocycles. The molecule has 0 radical (unpaired) electrons. The zero-order chi connectivity index (χ0) is 12.7. The van der Waals surface area contributed by atoms with Crippen LogP contribution in [-0.2, 0) is 10.8 Å². The molecule has 0 amide bonds. The summed E-state index contributed by atoms with van der Waals surface area (Å²) in [5, 5.41) is 8.41. The van der Waals surface area contributed by atoms with Gasteiger partial charge in [0.05, 0.1) is 31.1 Å². The van der Waals surface area contributed by atoms with E-state index in [9.17, 15) is 4.21 Å². The second-order valence-electron chi connectivity index (χ2n) is 3.33. The van der Waals surface area contributed by atoms with Crippen LogP contribution in [0, 0.1) is 11.3 Å². The molecule has 1 rings (SSSR count). The van der Waals surface area contributed by atoms with E-state index in [2.05, 4.69) is 0 Å². The minimum Gasteiger partial charge on any atom is -0.493 e. The molecule has 0 bridgehead atoms. The Morgan fingerprint density at radius 2 is 2.00 bits per heavy atom. The summed E-state index contributed by atoms with van der Waals surface area (Å²) in [7, 11) is 2.01. The van der Waals surface area contributed by atoms with Crippen LogP contribution in [0.3, 0.4) is 0 Å². The third-order valence-electron chi connectivity index (χ3n) is 2.24. The van der Waals surface area contributed by atoms with E-state index >= 15 is 0 Å². The van der Waals surface area contributed by atoms with Crippen LogP contribution in [0.1, 0.15) is 12.8 Å². The largest absolute Gasteiger partial charge is 0.493 e. The van der Waals surface area contributed by atoms with Gasteiger partial charge < -0.3 is 9.47 Å². The second kappa shape index (κ2) is 6.92. The predicted octanol–water partition coefficient (Wildman–Crippen LogP) is 2.12. The van der Waals surface area contributed by atoms with Crippen molar-refractivity contribution in [2.75, 3.05) is 20.0 Å². The molecule has 5 heteroatoms. The molecule has 92 valence electrons. The summed E-state index contributed by atoms with van der Waals surface area (Å²) in [4.78, 5) is 0.695. The van der Waals surface area contributed by atoms with E-state index in [0.29, 0.717) is 35.0 Å². The van der Waals surface area contributed by atoms with Crippen molar-refractivity contribution in [3.8, 4) is 17.6 Å². The van der Waals surface area contributed by atoms with E-state index in [-0.39, 0.29) is 0 Å². The van der Waals surface area contributed by atoms with Crippen molar-refractivity contribution in [2.24, 2.45) is 0 Å². The van der Waals surface area contributed by atoms with Crippen LogP contribution in [-0.4, -0.2) is 24.2 Å². The van der Waals surface area contributed by atoms with Crippen LogP contribution in [0.2, 0.25) is 0 Å². The first-order valence-electron chi connectivity index (χ1n) is 5.20. The molecule has 0 aromatic heterocycles. The van der Waals surface area contributed by atoms with Gasteiger partial charge in [-0.3, -0.25) is 4.21 Å². The third-order valence-corrected chi connectivity index (χ3v) is 3.68. The molecule has 1 unspecified atom stereocenters. The number of nitriles is 1. The molecule has 0 saturated heterocycles. The summed E-state index contributed by atoms with van der Waals surface area (Å²) in [5.41, 5.74) is 0. The van der Waals surface area contributed by atoms with E-state index in [1.54, 1.807) is 32.4 Å². The highest BCUT2D eigenvalue weighted by Crippen LogP contribution is 2.28. The average molecular weight is 253 g/mol. The van der Waals surface area contributed by atoms with Gasteiger partial charge in [0.1, 0.15) is 0 Å². The lowest BCUT2D eigenvalue weighted by Crippen LogP contribution is -1.99. The molecular formula is C12H15NO3S. The Labute approximate surface area is 104 Å². The number of ether oxygens (including phenoxy) is 2. The molecule has 0 heterocycles. The van der Waals surface area contributed by atoms with Gasteiger partial charge in [-0.15, -0.1) is 0 Å². The van der Waals surface area contributed by atoms with Crippen LogP contribution in [0.5, 0.6) is 11.5 Å². The van der Waals surface area contributed by atoms with Crippen LogP contribution in [0.15, 0.2) is 23.1 Å². The molecule has 0 fully saturated rings. The van der Waals surface area contributed by atoms with E-state index in [1.807, 2.05) is 6.07 Å². The summed E-state index contributed by atoms with van der Waals surface area (Å²) < 4.78 is 22.1. The van der Waals surface area contributed by atoms with Gasteiger partial charge in [0.25, 0.3) is 0 Å². The number of hydrogen-bond acceptors (Lipinski definition) is 4. The van der Waals surface area contributed by atoms with Gasteiger partial charge in [0.15, 0.2) is 11.5 Å². The van der Waals surface area contributed by atoms with E-state index in [0.717, 1.165) is 0 Å². The Kier molecular flexibility index (Phi) is 5.50. The normalized spacial score (nSPS) is 11.6. The smallest absolute Gasteiger partial charge is 0.161 e.